The van der Waals surface area contributed by atoms with Crippen LogP contribution in [0.5, 0.6) is 0 Å². The molecule has 0 aromatic rings. The van der Waals surface area contributed by atoms with Crippen LogP contribution in [0.15, 0.2) is 11.6 Å². The molecule has 0 heterocycles. The van der Waals surface area contributed by atoms with Crippen LogP contribution in [0.25, 0.3) is 0 Å². The van der Waals surface area contributed by atoms with E-state index in [1.165, 1.54) is 69.8 Å². The van der Waals surface area contributed by atoms with Crippen molar-refractivity contribution in [1.82, 2.24) is 0 Å². The molecule has 0 aromatic carbocycles. The second-order valence-electron chi connectivity index (χ2n) is 4.87. The standard InChI is InChI=1S/C15H31N/c1-3-4-5-6-7-8-9-10-11-12-13-15(2)14-16/h13H,3-12,14,16H2,1-2H3/b15-13-. The summed E-state index contributed by atoms with van der Waals surface area (Å²) >= 11 is 0. The van der Waals surface area contributed by atoms with Crippen molar-refractivity contribution in [1.29, 1.82) is 0 Å². The van der Waals surface area contributed by atoms with Crippen molar-refractivity contribution in [3.8, 4) is 0 Å². The number of nitrogens with two attached hydrogens (primary N) is 1. The van der Waals surface area contributed by atoms with Gasteiger partial charge in [-0.3, -0.25) is 0 Å². The van der Waals surface area contributed by atoms with Crippen molar-refractivity contribution in [2.45, 2.75) is 78.1 Å². The molecule has 0 unspecified atom stereocenters. The Bertz CT molecular complexity index is 161. The number of allylic oxidation sites excluding steroid dienone is 1. The first-order chi connectivity index (χ1) is 7.81. The zero-order valence-corrected chi connectivity index (χ0v) is 11.4. The van der Waals surface area contributed by atoms with E-state index in [1.54, 1.807) is 0 Å². The van der Waals surface area contributed by atoms with Gasteiger partial charge in [0, 0.05) is 6.54 Å². The molecule has 0 fully saturated rings. The Hall–Kier alpha value is -0.300. The zero-order valence-electron chi connectivity index (χ0n) is 11.4. The highest BCUT2D eigenvalue weighted by molar-refractivity contribution is 4.98. The van der Waals surface area contributed by atoms with Gasteiger partial charge in [0.2, 0.25) is 0 Å². The Labute approximate surface area is 102 Å². The van der Waals surface area contributed by atoms with Crippen molar-refractivity contribution in [2.24, 2.45) is 5.73 Å². The molecule has 0 aliphatic heterocycles. The number of rotatable bonds is 11. The third-order valence-corrected chi connectivity index (χ3v) is 3.12. The molecule has 0 saturated heterocycles. The molecule has 0 aromatic heterocycles. The highest BCUT2D eigenvalue weighted by atomic mass is 14.5. The van der Waals surface area contributed by atoms with Gasteiger partial charge in [0.15, 0.2) is 0 Å². The van der Waals surface area contributed by atoms with Crippen molar-refractivity contribution in [3.05, 3.63) is 11.6 Å². The maximum absolute atomic E-state index is 5.52. The molecule has 2 N–H and O–H groups in total. The summed E-state index contributed by atoms with van der Waals surface area (Å²) in [4.78, 5) is 0. The smallest absolute Gasteiger partial charge is 0.0134 e. The van der Waals surface area contributed by atoms with Crippen LogP contribution in [0.1, 0.15) is 78.1 Å². The van der Waals surface area contributed by atoms with Gasteiger partial charge in [0.1, 0.15) is 0 Å². The zero-order chi connectivity index (χ0) is 12.1. The quantitative estimate of drug-likeness (QED) is 0.396. The van der Waals surface area contributed by atoms with Crippen LogP contribution < -0.4 is 5.73 Å². The second kappa shape index (κ2) is 12.8. The predicted octanol–water partition coefficient (Wildman–Crippen LogP) is 4.81. The largest absolute Gasteiger partial charge is 0.327 e. The Kier molecular flexibility index (Phi) is 12.5. The number of hydrogen-bond acceptors (Lipinski definition) is 1. The molecular formula is C15H31N. The van der Waals surface area contributed by atoms with Gasteiger partial charge in [0.25, 0.3) is 0 Å². The first-order valence-electron chi connectivity index (χ1n) is 7.17. The molecular weight excluding hydrogens is 194 g/mol. The minimum absolute atomic E-state index is 0.720. The van der Waals surface area contributed by atoms with Crippen LogP contribution in [0.2, 0.25) is 0 Å². The predicted molar refractivity (Wildman–Crippen MR) is 74.7 cm³/mol. The molecule has 1 heteroatoms. The summed E-state index contributed by atoms with van der Waals surface area (Å²) in [5, 5.41) is 0. The number of hydrogen-bond donors (Lipinski definition) is 1. The fourth-order valence-electron chi connectivity index (χ4n) is 1.89. The second-order valence-corrected chi connectivity index (χ2v) is 4.87. The van der Waals surface area contributed by atoms with E-state index in [0.29, 0.717) is 0 Å². The van der Waals surface area contributed by atoms with Crippen molar-refractivity contribution < 1.29 is 0 Å². The molecule has 0 radical (unpaired) electrons. The summed E-state index contributed by atoms with van der Waals surface area (Å²) in [7, 11) is 0. The summed E-state index contributed by atoms with van der Waals surface area (Å²) in [6, 6.07) is 0. The summed E-state index contributed by atoms with van der Waals surface area (Å²) in [6.07, 6.45) is 16.2. The maximum atomic E-state index is 5.52. The van der Waals surface area contributed by atoms with E-state index in [2.05, 4.69) is 19.9 Å². The van der Waals surface area contributed by atoms with E-state index in [1.807, 2.05) is 0 Å². The normalized spacial score (nSPS) is 12.1. The van der Waals surface area contributed by atoms with E-state index < -0.39 is 0 Å². The van der Waals surface area contributed by atoms with Crippen LogP contribution >= 0.6 is 0 Å². The van der Waals surface area contributed by atoms with Crippen LogP contribution in [0.4, 0.5) is 0 Å². The van der Waals surface area contributed by atoms with Crippen LogP contribution in [-0.2, 0) is 0 Å². The highest BCUT2D eigenvalue weighted by Gasteiger charge is 1.91. The highest BCUT2D eigenvalue weighted by Crippen LogP contribution is 2.10. The average Bonchev–Trinajstić information content (AvgIpc) is 2.31. The van der Waals surface area contributed by atoms with Gasteiger partial charge in [-0.05, 0) is 19.8 Å². The minimum Gasteiger partial charge on any atom is -0.327 e. The van der Waals surface area contributed by atoms with Gasteiger partial charge >= 0.3 is 0 Å². The topological polar surface area (TPSA) is 26.0 Å². The van der Waals surface area contributed by atoms with E-state index in [9.17, 15) is 0 Å². The summed E-state index contributed by atoms with van der Waals surface area (Å²) in [5.41, 5.74) is 6.86. The first kappa shape index (κ1) is 15.7. The molecule has 0 spiro atoms. The lowest BCUT2D eigenvalue weighted by Gasteiger charge is -2.01. The molecule has 0 aliphatic rings. The lowest BCUT2D eigenvalue weighted by Crippen LogP contribution is -1.99. The monoisotopic (exact) mass is 225 g/mol. The lowest BCUT2D eigenvalue weighted by atomic mass is 10.1. The van der Waals surface area contributed by atoms with Crippen molar-refractivity contribution in [3.63, 3.8) is 0 Å². The fraction of sp³-hybridized carbons (Fsp3) is 0.867. The average molecular weight is 225 g/mol. The summed E-state index contributed by atoms with van der Waals surface area (Å²) < 4.78 is 0. The first-order valence-corrected chi connectivity index (χ1v) is 7.17. The van der Waals surface area contributed by atoms with Gasteiger partial charge in [-0.2, -0.15) is 0 Å². The third-order valence-electron chi connectivity index (χ3n) is 3.12. The number of unbranched alkanes of at least 4 members (excludes halogenated alkanes) is 9. The SMILES string of the molecule is CCCCCCCCCCC/C=C(/C)CN. The molecule has 16 heavy (non-hydrogen) atoms. The molecule has 0 aliphatic carbocycles. The van der Waals surface area contributed by atoms with E-state index in [4.69, 9.17) is 5.73 Å². The van der Waals surface area contributed by atoms with E-state index in [-0.39, 0.29) is 0 Å². The third kappa shape index (κ3) is 11.8. The van der Waals surface area contributed by atoms with E-state index in [0.717, 1.165) is 6.54 Å². The molecule has 0 bridgehead atoms. The molecule has 0 saturated carbocycles. The van der Waals surface area contributed by atoms with Crippen LogP contribution in [0.3, 0.4) is 0 Å². The van der Waals surface area contributed by atoms with Crippen molar-refractivity contribution >= 4 is 0 Å². The minimum atomic E-state index is 0.720. The van der Waals surface area contributed by atoms with Crippen LogP contribution in [0, 0.1) is 0 Å². The van der Waals surface area contributed by atoms with Gasteiger partial charge < -0.3 is 5.73 Å². The van der Waals surface area contributed by atoms with Crippen molar-refractivity contribution in [2.75, 3.05) is 6.54 Å². The molecule has 0 rings (SSSR count). The van der Waals surface area contributed by atoms with Crippen LogP contribution in [-0.4, -0.2) is 6.54 Å². The Balaban J connectivity index is 3.04. The summed E-state index contributed by atoms with van der Waals surface area (Å²) in [5.74, 6) is 0. The lowest BCUT2D eigenvalue weighted by molar-refractivity contribution is 0.566. The Morgan fingerprint density at radius 3 is 1.88 bits per heavy atom. The van der Waals surface area contributed by atoms with Gasteiger partial charge in [0.05, 0.1) is 0 Å². The molecule has 0 amide bonds. The Morgan fingerprint density at radius 1 is 0.875 bits per heavy atom. The summed E-state index contributed by atoms with van der Waals surface area (Å²) in [6.45, 7) is 5.11. The molecule has 96 valence electrons. The molecule has 0 atom stereocenters. The molecule has 1 nitrogen and oxygen atoms in total. The van der Waals surface area contributed by atoms with Gasteiger partial charge in [-0.25, -0.2) is 0 Å². The Morgan fingerprint density at radius 2 is 1.38 bits per heavy atom. The maximum Gasteiger partial charge on any atom is 0.0134 e. The van der Waals surface area contributed by atoms with Gasteiger partial charge in [-0.1, -0.05) is 69.9 Å². The van der Waals surface area contributed by atoms with E-state index >= 15 is 0 Å². The van der Waals surface area contributed by atoms with Gasteiger partial charge in [-0.15, -0.1) is 0 Å². The fourth-order valence-corrected chi connectivity index (χ4v) is 1.89.